The molecule has 10 nitrogen and oxygen atoms in total. The second-order valence-electron chi connectivity index (χ2n) is 10.7. The van der Waals surface area contributed by atoms with Gasteiger partial charge in [0.25, 0.3) is 0 Å². The minimum Gasteiger partial charge on any atom is -0.465 e. The molecule has 0 saturated heterocycles. The Morgan fingerprint density at radius 3 is 2.23 bits per heavy atom. The van der Waals surface area contributed by atoms with Crippen LogP contribution in [-0.2, 0) is 27.3 Å². The molecule has 4 aromatic rings. The van der Waals surface area contributed by atoms with E-state index in [1.54, 1.807) is 36.4 Å². The number of rotatable bonds is 13. The number of halogens is 1. The van der Waals surface area contributed by atoms with E-state index in [9.17, 15) is 14.4 Å². The van der Waals surface area contributed by atoms with Gasteiger partial charge >= 0.3 is 5.97 Å². The maximum atomic E-state index is 13.7. The molecular weight excluding hydrogens is 580 g/mol. The van der Waals surface area contributed by atoms with Crippen molar-refractivity contribution in [3.8, 4) is 0 Å². The Labute approximate surface area is 263 Å². The zero-order valence-corrected chi connectivity index (χ0v) is 25.8. The molecule has 0 saturated carbocycles. The second-order valence-corrected chi connectivity index (χ2v) is 10.7. The highest BCUT2D eigenvalue weighted by atomic mass is 35.5. The fraction of sp³-hybridized carbons (Fsp3) is 0.273. The number of nitrogens with one attached hydrogen (secondary N) is 5. The summed E-state index contributed by atoms with van der Waals surface area (Å²) >= 11 is 0. The number of H-pyrrole nitrogens is 1. The van der Waals surface area contributed by atoms with Crippen molar-refractivity contribution in [2.75, 3.05) is 13.7 Å². The highest BCUT2D eigenvalue weighted by Gasteiger charge is 2.29. The SMILES string of the molecule is COC(=O)c1ccc(C(NCc2ccc(C(=N)N)cc2)C(=O)NC(C(=O)NCCc2c[nH]c3ccccc23)C(C)C)cc1.Cl. The minimum absolute atomic E-state index is 0. The summed E-state index contributed by atoms with van der Waals surface area (Å²) < 4.78 is 4.79. The number of amides is 2. The maximum absolute atomic E-state index is 13.7. The smallest absolute Gasteiger partial charge is 0.337 e. The van der Waals surface area contributed by atoms with Crippen molar-refractivity contribution in [1.29, 1.82) is 5.41 Å². The number of nitrogen functional groups attached to an aromatic ring is 1. The molecule has 11 heteroatoms. The van der Waals surface area contributed by atoms with Gasteiger partial charge in [-0.05, 0) is 47.2 Å². The van der Waals surface area contributed by atoms with E-state index in [1.165, 1.54) is 7.11 Å². The average Bonchev–Trinajstić information content (AvgIpc) is 3.42. The van der Waals surface area contributed by atoms with Crippen molar-refractivity contribution in [1.82, 2.24) is 20.9 Å². The molecule has 0 spiro atoms. The molecule has 0 radical (unpaired) electrons. The normalized spacial score (nSPS) is 12.2. The Morgan fingerprint density at radius 1 is 0.932 bits per heavy atom. The number of para-hydroxylation sites is 1. The molecule has 4 rings (SSSR count). The molecule has 0 bridgehead atoms. The molecular formula is C33H39ClN6O4. The first-order valence-electron chi connectivity index (χ1n) is 14.2. The van der Waals surface area contributed by atoms with Gasteiger partial charge < -0.3 is 26.1 Å². The first-order chi connectivity index (χ1) is 20.7. The van der Waals surface area contributed by atoms with Crippen molar-refractivity contribution in [2.24, 2.45) is 11.7 Å². The zero-order valence-electron chi connectivity index (χ0n) is 25.0. The van der Waals surface area contributed by atoms with E-state index in [4.69, 9.17) is 15.9 Å². The van der Waals surface area contributed by atoms with Crippen LogP contribution in [0.15, 0.2) is 79.0 Å². The van der Waals surface area contributed by atoms with E-state index in [1.807, 2.05) is 56.4 Å². The number of aromatic nitrogens is 1. The topological polar surface area (TPSA) is 162 Å². The number of esters is 1. The summed E-state index contributed by atoms with van der Waals surface area (Å²) in [6, 6.07) is 20.2. The molecule has 1 heterocycles. The maximum Gasteiger partial charge on any atom is 0.337 e. The fourth-order valence-electron chi connectivity index (χ4n) is 4.85. The summed E-state index contributed by atoms with van der Waals surface area (Å²) in [4.78, 5) is 42.2. The zero-order chi connectivity index (χ0) is 30.9. The largest absolute Gasteiger partial charge is 0.465 e. The van der Waals surface area contributed by atoms with E-state index >= 15 is 0 Å². The lowest BCUT2D eigenvalue weighted by Gasteiger charge is -2.26. The Bertz CT molecular complexity index is 1580. The van der Waals surface area contributed by atoms with Crippen LogP contribution in [-0.4, -0.2) is 48.3 Å². The first-order valence-corrected chi connectivity index (χ1v) is 14.2. The lowest BCUT2D eigenvalue weighted by molar-refractivity contribution is -0.131. The van der Waals surface area contributed by atoms with Crippen LogP contribution in [0.1, 0.15) is 52.5 Å². The van der Waals surface area contributed by atoms with Gasteiger partial charge in [0, 0.05) is 35.8 Å². The number of fused-ring (bicyclic) bond motifs is 1. The lowest BCUT2D eigenvalue weighted by atomic mass is 10.00. The third kappa shape index (κ3) is 8.46. The van der Waals surface area contributed by atoms with E-state index < -0.39 is 18.1 Å². The molecule has 2 unspecified atom stereocenters. The van der Waals surface area contributed by atoms with Crippen LogP contribution in [0.4, 0.5) is 0 Å². The number of methoxy groups -OCH3 is 1. The molecule has 0 aliphatic heterocycles. The van der Waals surface area contributed by atoms with Crippen LogP contribution in [0.2, 0.25) is 0 Å². The summed E-state index contributed by atoms with van der Waals surface area (Å²) in [5, 5.41) is 17.9. The van der Waals surface area contributed by atoms with Crippen LogP contribution in [0.3, 0.4) is 0 Å². The Morgan fingerprint density at radius 2 is 1.59 bits per heavy atom. The van der Waals surface area contributed by atoms with Crippen LogP contribution in [0.5, 0.6) is 0 Å². The predicted octanol–water partition coefficient (Wildman–Crippen LogP) is 3.99. The molecule has 7 N–H and O–H groups in total. The highest BCUT2D eigenvalue weighted by molar-refractivity contribution is 5.95. The molecule has 0 aliphatic carbocycles. The molecule has 2 atom stereocenters. The Balaban J connectivity index is 0.00000529. The number of benzene rings is 3. The monoisotopic (exact) mass is 618 g/mol. The van der Waals surface area contributed by atoms with Crippen molar-refractivity contribution in [3.05, 3.63) is 107 Å². The number of nitrogens with two attached hydrogens (primary N) is 1. The van der Waals surface area contributed by atoms with Gasteiger partial charge in [0.1, 0.15) is 17.9 Å². The molecule has 1 aromatic heterocycles. The first kappa shape index (κ1) is 33.8. The van der Waals surface area contributed by atoms with Crippen LogP contribution in [0.25, 0.3) is 10.9 Å². The molecule has 232 valence electrons. The van der Waals surface area contributed by atoms with E-state index in [2.05, 4.69) is 20.9 Å². The summed E-state index contributed by atoms with van der Waals surface area (Å²) in [5.41, 5.74) is 10.2. The second kappa shape index (κ2) is 15.7. The number of carbonyl (C=O) groups excluding carboxylic acids is 3. The number of amidine groups is 1. The number of carbonyl (C=O) groups is 3. The molecule has 0 fully saturated rings. The number of hydrogen-bond acceptors (Lipinski definition) is 6. The summed E-state index contributed by atoms with van der Waals surface area (Å²) in [7, 11) is 1.31. The lowest BCUT2D eigenvalue weighted by Crippen LogP contribution is -2.52. The summed E-state index contributed by atoms with van der Waals surface area (Å²) in [6.07, 6.45) is 2.60. The number of ether oxygens (including phenoxy) is 1. The molecule has 3 aromatic carbocycles. The summed E-state index contributed by atoms with van der Waals surface area (Å²) in [5.74, 6) is -1.31. The van der Waals surface area contributed by atoms with Crippen LogP contribution < -0.4 is 21.7 Å². The summed E-state index contributed by atoms with van der Waals surface area (Å²) in [6.45, 7) is 4.52. The van der Waals surface area contributed by atoms with E-state index in [0.29, 0.717) is 36.2 Å². The Hall–Kier alpha value is -4.67. The van der Waals surface area contributed by atoms with Crippen molar-refractivity contribution >= 4 is 46.9 Å². The van der Waals surface area contributed by atoms with Gasteiger partial charge in [-0.1, -0.05) is 68.4 Å². The van der Waals surface area contributed by atoms with Crippen molar-refractivity contribution in [2.45, 2.75) is 38.9 Å². The van der Waals surface area contributed by atoms with E-state index in [-0.39, 0.29) is 36.0 Å². The van der Waals surface area contributed by atoms with Crippen molar-refractivity contribution < 1.29 is 19.1 Å². The van der Waals surface area contributed by atoms with Crippen LogP contribution in [0, 0.1) is 11.3 Å². The third-order valence-electron chi connectivity index (χ3n) is 7.32. The quantitative estimate of drug-likeness (QED) is 0.0754. The minimum atomic E-state index is -0.820. The fourth-order valence-corrected chi connectivity index (χ4v) is 4.85. The number of hydrogen-bond donors (Lipinski definition) is 6. The van der Waals surface area contributed by atoms with Gasteiger partial charge in [0.15, 0.2) is 0 Å². The highest BCUT2D eigenvalue weighted by Crippen LogP contribution is 2.19. The Kier molecular flexibility index (Phi) is 12.1. The number of aromatic amines is 1. The molecule has 44 heavy (non-hydrogen) atoms. The van der Waals surface area contributed by atoms with Crippen LogP contribution >= 0.6 is 12.4 Å². The molecule has 0 aliphatic rings. The van der Waals surface area contributed by atoms with Crippen molar-refractivity contribution in [3.63, 3.8) is 0 Å². The van der Waals surface area contributed by atoms with Gasteiger partial charge in [-0.15, -0.1) is 12.4 Å². The third-order valence-corrected chi connectivity index (χ3v) is 7.32. The van der Waals surface area contributed by atoms with Gasteiger partial charge in [-0.2, -0.15) is 0 Å². The van der Waals surface area contributed by atoms with Gasteiger partial charge in [-0.25, -0.2) is 4.79 Å². The predicted molar refractivity (Wildman–Crippen MR) is 174 cm³/mol. The standard InChI is InChI=1S/C33H38N6O4.ClH/c1-20(2)28(31(40)36-17-16-25-19-37-27-7-5-4-6-26(25)27)39-32(41)29(22-12-14-24(15-13-22)33(42)43-3)38-18-21-8-10-23(11-9-21)30(34)35;/h4-15,19-20,28-29,37-38H,16-18H2,1-3H3,(H3,34,35)(H,36,40)(H,39,41);1H. The van der Waals surface area contributed by atoms with E-state index in [0.717, 1.165) is 22.0 Å². The van der Waals surface area contributed by atoms with Gasteiger partial charge in [-0.3, -0.25) is 20.3 Å². The van der Waals surface area contributed by atoms with Gasteiger partial charge in [0.05, 0.1) is 12.7 Å². The van der Waals surface area contributed by atoms with Gasteiger partial charge in [0.2, 0.25) is 11.8 Å². The average molecular weight is 619 g/mol. The molecule has 2 amide bonds.